The number of nitrogens with one attached hydrogen (secondary N) is 1. The number of hydrogen-bond acceptors (Lipinski definition) is 2. The number of phenolic OH excluding ortho intramolecular Hbond substituents is 1. The van der Waals surface area contributed by atoms with Crippen LogP contribution in [0.25, 0.3) is 22.3 Å². The highest BCUT2D eigenvalue weighted by molar-refractivity contribution is 5.89. The van der Waals surface area contributed by atoms with Crippen LogP contribution in [-0.2, 0) is 4.79 Å². The average Bonchev–Trinajstić information content (AvgIpc) is 2.63. The van der Waals surface area contributed by atoms with Gasteiger partial charge in [-0.2, -0.15) is 0 Å². The Labute approximate surface area is 158 Å². The second kappa shape index (κ2) is 7.62. The third-order valence-electron chi connectivity index (χ3n) is 4.49. The molecule has 3 aromatic rings. The van der Waals surface area contributed by atoms with E-state index >= 15 is 0 Å². The molecule has 0 radical (unpaired) electrons. The molecule has 3 nitrogen and oxygen atoms in total. The van der Waals surface area contributed by atoms with Crippen LogP contribution in [0.5, 0.6) is 5.75 Å². The number of anilines is 1. The van der Waals surface area contributed by atoms with Crippen LogP contribution in [0.3, 0.4) is 0 Å². The van der Waals surface area contributed by atoms with Crippen molar-refractivity contribution >= 4 is 11.6 Å². The Kier molecular flexibility index (Phi) is 5.26. The van der Waals surface area contributed by atoms with Crippen molar-refractivity contribution in [3.63, 3.8) is 0 Å². The number of amides is 1. The van der Waals surface area contributed by atoms with E-state index in [9.17, 15) is 14.3 Å². The van der Waals surface area contributed by atoms with Gasteiger partial charge in [0.25, 0.3) is 0 Å². The molecule has 0 aliphatic rings. The Morgan fingerprint density at radius 2 is 1.59 bits per heavy atom. The van der Waals surface area contributed by atoms with Crippen LogP contribution in [0.4, 0.5) is 10.1 Å². The zero-order chi connectivity index (χ0) is 19.6. The van der Waals surface area contributed by atoms with Crippen LogP contribution >= 0.6 is 0 Å². The van der Waals surface area contributed by atoms with Gasteiger partial charge in [-0.25, -0.2) is 4.39 Å². The van der Waals surface area contributed by atoms with Crippen molar-refractivity contribution < 1.29 is 14.3 Å². The molecule has 0 saturated carbocycles. The van der Waals surface area contributed by atoms with E-state index in [-0.39, 0.29) is 17.3 Å². The highest BCUT2D eigenvalue weighted by Crippen LogP contribution is 2.39. The number of carbonyl (C=O) groups excluding carboxylic acids is 1. The number of phenols is 1. The molecule has 3 rings (SSSR count). The van der Waals surface area contributed by atoms with Gasteiger partial charge in [0.2, 0.25) is 5.91 Å². The molecule has 0 bridgehead atoms. The molecule has 0 fully saturated rings. The van der Waals surface area contributed by atoms with Crippen LogP contribution in [0.15, 0.2) is 60.7 Å². The van der Waals surface area contributed by atoms with E-state index in [4.69, 9.17) is 0 Å². The molecule has 0 aliphatic heterocycles. The van der Waals surface area contributed by atoms with E-state index in [0.29, 0.717) is 22.6 Å². The van der Waals surface area contributed by atoms with E-state index in [2.05, 4.69) is 31.3 Å². The quantitative estimate of drug-likeness (QED) is 0.602. The first kappa shape index (κ1) is 18.6. The van der Waals surface area contributed by atoms with Crippen LogP contribution in [0, 0.1) is 5.82 Å². The number of carbonyl (C=O) groups is 1. The first-order valence-electron chi connectivity index (χ1n) is 8.86. The largest absolute Gasteiger partial charge is 0.507 e. The van der Waals surface area contributed by atoms with E-state index in [0.717, 1.165) is 5.56 Å². The fourth-order valence-electron chi connectivity index (χ4n) is 3.05. The smallest absolute Gasteiger partial charge is 0.221 e. The topological polar surface area (TPSA) is 49.3 Å². The first-order chi connectivity index (χ1) is 12.9. The molecule has 3 aromatic carbocycles. The van der Waals surface area contributed by atoms with Crippen molar-refractivity contribution in [3.8, 4) is 28.0 Å². The number of aromatic hydroxyl groups is 1. The molecular formula is C23H22FNO2. The van der Waals surface area contributed by atoms with Gasteiger partial charge < -0.3 is 10.4 Å². The van der Waals surface area contributed by atoms with E-state index in [1.165, 1.54) is 24.6 Å². The summed E-state index contributed by atoms with van der Waals surface area (Å²) in [5, 5.41) is 13.3. The molecule has 0 aliphatic carbocycles. The monoisotopic (exact) mass is 363 g/mol. The SMILES string of the molecule is CC(=O)Nc1ccc(-c2cccc(-c3cccc(C(C)C)c3)c2O)cc1F. The van der Waals surface area contributed by atoms with Crippen LogP contribution in [-0.4, -0.2) is 11.0 Å². The van der Waals surface area contributed by atoms with E-state index in [1.807, 2.05) is 24.3 Å². The molecule has 138 valence electrons. The zero-order valence-electron chi connectivity index (χ0n) is 15.6. The Morgan fingerprint density at radius 1 is 0.963 bits per heavy atom. The lowest BCUT2D eigenvalue weighted by molar-refractivity contribution is -0.114. The molecule has 4 heteroatoms. The summed E-state index contributed by atoms with van der Waals surface area (Å²) < 4.78 is 14.3. The molecule has 0 unspecified atom stereocenters. The number of hydrogen-bond donors (Lipinski definition) is 2. The Hall–Kier alpha value is -3.14. The fourth-order valence-corrected chi connectivity index (χ4v) is 3.05. The first-order valence-corrected chi connectivity index (χ1v) is 8.86. The van der Waals surface area contributed by atoms with Crippen molar-refractivity contribution in [3.05, 3.63) is 72.0 Å². The maximum absolute atomic E-state index is 14.3. The fraction of sp³-hybridized carbons (Fsp3) is 0.174. The number of rotatable bonds is 4. The van der Waals surface area contributed by atoms with Gasteiger partial charge >= 0.3 is 0 Å². The highest BCUT2D eigenvalue weighted by Gasteiger charge is 2.13. The molecule has 0 saturated heterocycles. The van der Waals surface area contributed by atoms with Gasteiger partial charge in [-0.15, -0.1) is 0 Å². The predicted molar refractivity (Wildman–Crippen MR) is 107 cm³/mol. The Morgan fingerprint density at radius 3 is 2.19 bits per heavy atom. The van der Waals surface area contributed by atoms with Gasteiger partial charge in [-0.05, 0) is 34.7 Å². The minimum atomic E-state index is -0.547. The minimum absolute atomic E-state index is 0.102. The molecule has 0 spiro atoms. The van der Waals surface area contributed by atoms with Gasteiger partial charge in [0.05, 0.1) is 5.69 Å². The number of para-hydroxylation sites is 1. The molecule has 0 heterocycles. The third-order valence-corrected chi connectivity index (χ3v) is 4.49. The summed E-state index contributed by atoms with van der Waals surface area (Å²) in [4.78, 5) is 11.1. The highest BCUT2D eigenvalue weighted by atomic mass is 19.1. The summed E-state index contributed by atoms with van der Waals surface area (Å²) in [6.07, 6.45) is 0. The molecule has 0 aromatic heterocycles. The van der Waals surface area contributed by atoms with Crippen molar-refractivity contribution in [2.24, 2.45) is 0 Å². The number of halogens is 1. The maximum Gasteiger partial charge on any atom is 0.221 e. The summed E-state index contributed by atoms with van der Waals surface area (Å²) in [6.45, 7) is 5.57. The van der Waals surface area contributed by atoms with Gasteiger partial charge in [0.15, 0.2) is 0 Å². The van der Waals surface area contributed by atoms with Crippen molar-refractivity contribution in [2.45, 2.75) is 26.7 Å². The molecular weight excluding hydrogens is 341 g/mol. The van der Waals surface area contributed by atoms with Gasteiger partial charge in [0.1, 0.15) is 11.6 Å². The average molecular weight is 363 g/mol. The van der Waals surface area contributed by atoms with E-state index in [1.54, 1.807) is 12.1 Å². The van der Waals surface area contributed by atoms with Gasteiger partial charge in [0, 0.05) is 18.1 Å². The third kappa shape index (κ3) is 4.00. The molecule has 27 heavy (non-hydrogen) atoms. The lowest BCUT2D eigenvalue weighted by Crippen LogP contribution is -2.07. The minimum Gasteiger partial charge on any atom is -0.507 e. The predicted octanol–water partition coefficient (Wildman–Crippen LogP) is 5.95. The molecule has 1 amide bonds. The Bertz CT molecular complexity index is 995. The second-order valence-electron chi connectivity index (χ2n) is 6.86. The summed E-state index contributed by atoms with van der Waals surface area (Å²) in [5.74, 6) is -0.401. The summed E-state index contributed by atoms with van der Waals surface area (Å²) in [6, 6.07) is 18.0. The van der Waals surface area contributed by atoms with Gasteiger partial charge in [-0.3, -0.25) is 4.79 Å². The molecule has 0 atom stereocenters. The van der Waals surface area contributed by atoms with Crippen LogP contribution in [0.2, 0.25) is 0 Å². The summed E-state index contributed by atoms with van der Waals surface area (Å²) >= 11 is 0. The van der Waals surface area contributed by atoms with Crippen molar-refractivity contribution in [2.75, 3.05) is 5.32 Å². The van der Waals surface area contributed by atoms with Gasteiger partial charge in [-0.1, -0.05) is 62.4 Å². The lowest BCUT2D eigenvalue weighted by Gasteiger charge is -2.13. The standard InChI is InChI=1S/C23H22FNO2/c1-14(2)16-6-4-7-17(12-16)19-8-5-9-20(23(19)27)18-10-11-22(21(24)13-18)25-15(3)26/h4-14,27H,1-3H3,(H,25,26). The second-order valence-corrected chi connectivity index (χ2v) is 6.86. The van der Waals surface area contributed by atoms with Crippen LogP contribution < -0.4 is 5.32 Å². The lowest BCUT2D eigenvalue weighted by atomic mass is 9.94. The molecule has 2 N–H and O–H groups in total. The maximum atomic E-state index is 14.3. The van der Waals surface area contributed by atoms with E-state index < -0.39 is 5.82 Å². The Balaban J connectivity index is 2.04. The van der Waals surface area contributed by atoms with Crippen molar-refractivity contribution in [1.82, 2.24) is 0 Å². The van der Waals surface area contributed by atoms with Crippen molar-refractivity contribution in [1.29, 1.82) is 0 Å². The number of benzene rings is 3. The normalized spacial score (nSPS) is 10.9. The summed E-state index contributed by atoms with van der Waals surface area (Å²) in [7, 11) is 0. The van der Waals surface area contributed by atoms with Crippen LogP contribution in [0.1, 0.15) is 32.3 Å². The zero-order valence-corrected chi connectivity index (χ0v) is 15.6. The summed E-state index contributed by atoms with van der Waals surface area (Å²) in [5.41, 5.74) is 3.99.